The number of halogens is 1. The summed E-state index contributed by atoms with van der Waals surface area (Å²) in [6.07, 6.45) is 0. The van der Waals surface area contributed by atoms with Gasteiger partial charge in [0.2, 0.25) is 0 Å². The zero-order valence-corrected chi connectivity index (χ0v) is 8.57. The number of hydrogen-bond acceptors (Lipinski definition) is 3. The van der Waals surface area contributed by atoms with Crippen LogP contribution in [-0.2, 0) is 0 Å². The molecule has 0 fully saturated rings. The van der Waals surface area contributed by atoms with E-state index in [1.807, 2.05) is 0 Å². The number of hydrogen-bond donors (Lipinski definition) is 3. The molecule has 0 atom stereocenters. The third-order valence-electron chi connectivity index (χ3n) is 2.24. The lowest BCUT2D eigenvalue weighted by atomic mass is 10.2. The Morgan fingerprint density at radius 2 is 1.69 bits per heavy atom. The highest BCUT2D eigenvalue weighted by atomic mass is 19.1. The molecule has 16 heavy (non-hydrogen) atoms. The first kappa shape index (κ1) is 10.3. The van der Waals surface area contributed by atoms with Crippen LogP contribution < -0.4 is 16.8 Å². The van der Waals surface area contributed by atoms with E-state index in [1.165, 1.54) is 6.07 Å². The Balaban J connectivity index is 2.28. The van der Waals surface area contributed by atoms with Crippen LogP contribution in [0.25, 0.3) is 0 Å². The third kappa shape index (κ3) is 2.06. The molecule has 0 aromatic heterocycles. The Kier molecular flexibility index (Phi) is 2.64. The van der Waals surface area contributed by atoms with Crippen LogP contribution in [0.5, 0.6) is 0 Å². The first-order chi connectivity index (χ1) is 7.66. The molecule has 2 rings (SSSR count). The van der Waals surface area contributed by atoms with Crippen LogP contribution in [0, 0.1) is 5.82 Å². The Morgan fingerprint density at radius 3 is 2.38 bits per heavy atom. The van der Waals surface area contributed by atoms with Crippen molar-refractivity contribution in [2.75, 3.05) is 16.8 Å². The van der Waals surface area contributed by atoms with Crippen LogP contribution in [-0.4, -0.2) is 0 Å². The van der Waals surface area contributed by atoms with E-state index in [0.717, 1.165) is 0 Å². The molecule has 0 aliphatic heterocycles. The van der Waals surface area contributed by atoms with Gasteiger partial charge < -0.3 is 16.8 Å². The molecular formula is C12H12FN3. The van der Waals surface area contributed by atoms with Crippen molar-refractivity contribution in [3.63, 3.8) is 0 Å². The molecule has 0 aliphatic carbocycles. The Morgan fingerprint density at radius 1 is 0.938 bits per heavy atom. The van der Waals surface area contributed by atoms with Crippen molar-refractivity contribution in [2.45, 2.75) is 0 Å². The highest BCUT2D eigenvalue weighted by Gasteiger charge is 2.02. The molecule has 5 N–H and O–H groups in total. The maximum absolute atomic E-state index is 13.3. The Labute approximate surface area is 92.9 Å². The third-order valence-corrected chi connectivity index (χ3v) is 2.24. The zero-order valence-electron chi connectivity index (χ0n) is 8.57. The number of nitrogen functional groups attached to an aromatic ring is 2. The topological polar surface area (TPSA) is 64.1 Å². The summed E-state index contributed by atoms with van der Waals surface area (Å²) in [5, 5.41) is 2.93. The summed E-state index contributed by atoms with van der Waals surface area (Å²) in [4.78, 5) is 0. The fourth-order valence-corrected chi connectivity index (χ4v) is 1.37. The zero-order chi connectivity index (χ0) is 11.5. The number of nitrogens with two attached hydrogens (primary N) is 2. The number of rotatable bonds is 2. The molecule has 0 aliphatic rings. The monoisotopic (exact) mass is 217 g/mol. The molecule has 4 heteroatoms. The molecule has 0 bridgehead atoms. The molecule has 2 aromatic carbocycles. The lowest BCUT2D eigenvalue weighted by molar-refractivity contribution is 0.632. The van der Waals surface area contributed by atoms with Gasteiger partial charge >= 0.3 is 0 Å². The quantitative estimate of drug-likeness (QED) is 0.678. The summed E-state index contributed by atoms with van der Waals surface area (Å²) >= 11 is 0. The molecule has 0 radical (unpaired) electrons. The summed E-state index contributed by atoms with van der Waals surface area (Å²) in [5.41, 5.74) is 13.3. The lowest BCUT2D eigenvalue weighted by Gasteiger charge is -2.09. The average Bonchev–Trinajstić information content (AvgIpc) is 2.27. The minimum absolute atomic E-state index is 0.308. The molecule has 0 saturated heterocycles. The van der Waals surface area contributed by atoms with E-state index in [0.29, 0.717) is 22.7 Å². The van der Waals surface area contributed by atoms with Crippen LogP contribution in [0.1, 0.15) is 0 Å². The van der Waals surface area contributed by atoms with E-state index in [2.05, 4.69) is 5.32 Å². The van der Waals surface area contributed by atoms with E-state index < -0.39 is 0 Å². The molecule has 3 nitrogen and oxygen atoms in total. The van der Waals surface area contributed by atoms with Crippen LogP contribution in [0.15, 0.2) is 42.5 Å². The van der Waals surface area contributed by atoms with Crippen LogP contribution in [0.4, 0.5) is 27.1 Å². The second-order valence-corrected chi connectivity index (χ2v) is 3.45. The van der Waals surface area contributed by atoms with Gasteiger partial charge in [0, 0.05) is 5.69 Å². The van der Waals surface area contributed by atoms with Crippen molar-refractivity contribution < 1.29 is 4.39 Å². The summed E-state index contributed by atoms with van der Waals surface area (Å²) in [6.45, 7) is 0. The second-order valence-electron chi connectivity index (χ2n) is 3.45. The van der Waals surface area contributed by atoms with E-state index >= 15 is 0 Å². The number of anilines is 4. The van der Waals surface area contributed by atoms with E-state index in [9.17, 15) is 4.39 Å². The standard InChI is InChI=1S/C12H12FN3/c13-9-3-1-2-4-12(9)16-8-5-6-10(14)11(15)7-8/h1-7,16H,14-15H2. The fourth-order valence-electron chi connectivity index (χ4n) is 1.37. The molecule has 0 unspecified atom stereocenters. The molecule has 0 amide bonds. The SMILES string of the molecule is Nc1ccc(Nc2ccccc2F)cc1N. The van der Waals surface area contributed by atoms with Gasteiger partial charge in [-0.3, -0.25) is 0 Å². The first-order valence-electron chi connectivity index (χ1n) is 4.83. The summed E-state index contributed by atoms with van der Waals surface area (Å²) in [6, 6.07) is 11.5. The van der Waals surface area contributed by atoms with Gasteiger partial charge in [0.05, 0.1) is 17.1 Å². The van der Waals surface area contributed by atoms with Crippen molar-refractivity contribution in [2.24, 2.45) is 0 Å². The van der Waals surface area contributed by atoms with Crippen LogP contribution in [0.2, 0.25) is 0 Å². The van der Waals surface area contributed by atoms with Gasteiger partial charge in [0.1, 0.15) is 5.82 Å². The number of para-hydroxylation sites is 1. The fraction of sp³-hybridized carbons (Fsp3) is 0. The van der Waals surface area contributed by atoms with Gasteiger partial charge in [-0.15, -0.1) is 0 Å². The molecular weight excluding hydrogens is 205 g/mol. The van der Waals surface area contributed by atoms with E-state index in [-0.39, 0.29) is 5.82 Å². The minimum Gasteiger partial charge on any atom is -0.397 e. The average molecular weight is 217 g/mol. The van der Waals surface area contributed by atoms with Gasteiger partial charge in [0.15, 0.2) is 0 Å². The highest BCUT2D eigenvalue weighted by Crippen LogP contribution is 2.24. The molecule has 0 heterocycles. The summed E-state index contributed by atoms with van der Waals surface area (Å²) in [5.74, 6) is -0.308. The van der Waals surface area contributed by atoms with Crippen molar-refractivity contribution in [1.29, 1.82) is 0 Å². The van der Waals surface area contributed by atoms with Crippen molar-refractivity contribution >= 4 is 22.7 Å². The van der Waals surface area contributed by atoms with Gasteiger partial charge in [-0.1, -0.05) is 12.1 Å². The normalized spacial score (nSPS) is 10.1. The van der Waals surface area contributed by atoms with Gasteiger partial charge in [0.25, 0.3) is 0 Å². The van der Waals surface area contributed by atoms with Gasteiger partial charge in [-0.2, -0.15) is 0 Å². The maximum Gasteiger partial charge on any atom is 0.146 e. The molecule has 0 saturated carbocycles. The van der Waals surface area contributed by atoms with Gasteiger partial charge in [-0.05, 0) is 30.3 Å². The second kappa shape index (κ2) is 4.10. The lowest BCUT2D eigenvalue weighted by Crippen LogP contribution is -1.97. The van der Waals surface area contributed by atoms with Crippen molar-refractivity contribution in [3.8, 4) is 0 Å². The molecule has 2 aromatic rings. The van der Waals surface area contributed by atoms with E-state index in [4.69, 9.17) is 11.5 Å². The van der Waals surface area contributed by atoms with Gasteiger partial charge in [-0.25, -0.2) is 4.39 Å². The Bertz CT molecular complexity index is 511. The predicted molar refractivity (Wildman–Crippen MR) is 64.9 cm³/mol. The summed E-state index contributed by atoms with van der Waals surface area (Å²) in [7, 11) is 0. The minimum atomic E-state index is -0.308. The molecule has 0 spiro atoms. The smallest absolute Gasteiger partial charge is 0.146 e. The first-order valence-corrected chi connectivity index (χ1v) is 4.83. The summed E-state index contributed by atoms with van der Waals surface area (Å²) < 4.78 is 13.3. The number of benzene rings is 2. The largest absolute Gasteiger partial charge is 0.397 e. The van der Waals surface area contributed by atoms with Crippen molar-refractivity contribution in [1.82, 2.24) is 0 Å². The highest BCUT2D eigenvalue weighted by molar-refractivity contribution is 5.72. The maximum atomic E-state index is 13.3. The molecule has 82 valence electrons. The van der Waals surface area contributed by atoms with Crippen LogP contribution in [0.3, 0.4) is 0 Å². The Hall–Kier alpha value is -2.23. The number of nitrogens with one attached hydrogen (secondary N) is 1. The van der Waals surface area contributed by atoms with Crippen LogP contribution >= 0.6 is 0 Å². The predicted octanol–water partition coefficient (Wildman–Crippen LogP) is 2.73. The van der Waals surface area contributed by atoms with Crippen molar-refractivity contribution in [3.05, 3.63) is 48.3 Å². The van der Waals surface area contributed by atoms with E-state index in [1.54, 1.807) is 36.4 Å².